The molecule has 2 aliphatic carbocycles. The molecule has 2 fully saturated rings. The Labute approximate surface area is 126 Å². The highest BCUT2D eigenvalue weighted by molar-refractivity contribution is 4.87. The Kier molecular flexibility index (Phi) is 6.39. The number of hydrogen-bond acceptors (Lipinski definition) is 1. The highest BCUT2D eigenvalue weighted by Gasteiger charge is 2.35. The Morgan fingerprint density at radius 1 is 0.900 bits per heavy atom. The van der Waals surface area contributed by atoms with Crippen LogP contribution in [0, 0.1) is 17.8 Å². The third kappa shape index (κ3) is 4.48. The number of unbranched alkanes of at least 4 members (excludes halogenated alkanes) is 2. The topological polar surface area (TPSA) is 9.23 Å². The van der Waals surface area contributed by atoms with Crippen LogP contribution in [0.15, 0.2) is 0 Å². The van der Waals surface area contributed by atoms with E-state index in [0.717, 1.165) is 17.8 Å². The number of rotatable bonds is 6. The number of ether oxygens (including phenoxy) is 1. The quantitative estimate of drug-likeness (QED) is 0.545. The first-order valence-electron chi connectivity index (χ1n) is 9.22. The lowest BCUT2D eigenvalue weighted by Crippen LogP contribution is -2.35. The number of methoxy groups -OCH3 is 1. The molecule has 0 heterocycles. The molecule has 0 spiro atoms. The van der Waals surface area contributed by atoms with E-state index < -0.39 is 0 Å². The zero-order valence-corrected chi connectivity index (χ0v) is 14.1. The summed E-state index contributed by atoms with van der Waals surface area (Å²) in [6.45, 7) is 4.61. The van der Waals surface area contributed by atoms with Crippen LogP contribution in [-0.2, 0) is 4.74 Å². The fourth-order valence-corrected chi connectivity index (χ4v) is 4.56. The van der Waals surface area contributed by atoms with Crippen molar-refractivity contribution in [2.24, 2.45) is 17.8 Å². The minimum Gasteiger partial charge on any atom is -0.379 e. The van der Waals surface area contributed by atoms with Crippen LogP contribution in [0.4, 0.5) is 0 Å². The zero-order chi connectivity index (χ0) is 14.4. The summed E-state index contributed by atoms with van der Waals surface area (Å²) in [5.74, 6) is 3.11. The fourth-order valence-electron chi connectivity index (χ4n) is 4.56. The molecule has 118 valence electrons. The van der Waals surface area contributed by atoms with Crippen molar-refractivity contribution in [3.63, 3.8) is 0 Å². The van der Waals surface area contributed by atoms with Gasteiger partial charge in [-0.3, -0.25) is 0 Å². The van der Waals surface area contributed by atoms with E-state index in [0.29, 0.717) is 0 Å². The molecule has 20 heavy (non-hydrogen) atoms. The minimum absolute atomic E-state index is 0.188. The lowest BCUT2D eigenvalue weighted by atomic mass is 9.68. The Morgan fingerprint density at radius 3 is 2.05 bits per heavy atom. The molecular weight excluding hydrogens is 244 g/mol. The third-order valence-corrected chi connectivity index (χ3v) is 6.35. The second kappa shape index (κ2) is 7.82. The molecule has 2 aliphatic rings. The summed E-state index contributed by atoms with van der Waals surface area (Å²) in [6.07, 6.45) is 17.3. The van der Waals surface area contributed by atoms with Crippen LogP contribution >= 0.6 is 0 Å². The lowest BCUT2D eigenvalue weighted by molar-refractivity contribution is -0.0426. The van der Waals surface area contributed by atoms with Crippen LogP contribution < -0.4 is 0 Å². The molecule has 0 aliphatic heterocycles. The maximum absolute atomic E-state index is 5.69. The van der Waals surface area contributed by atoms with E-state index in [1.54, 1.807) is 0 Å². The van der Waals surface area contributed by atoms with Crippen molar-refractivity contribution >= 4 is 0 Å². The molecule has 0 radical (unpaired) electrons. The Morgan fingerprint density at radius 2 is 1.50 bits per heavy atom. The van der Waals surface area contributed by atoms with Crippen LogP contribution in [0.1, 0.15) is 90.9 Å². The summed E-state index contributed by atoms with van der Waals surface area (Å²) in [5.41, 5.74) is 0.188. The second-order valence-corrected chi connectivity index (χ2v) is 7.77. The minimum atomic E-state index is 0.188. The molecule has 0 aromatic rings. The standard InChI is InChI=1S/C19H36O/c1-4-5-6-7-16-8-10-17(11-9-16)18-12-14-19(2,20-3)15-13-18/h16-18H,4-15H2,1-3H3. The van der Waals surface area contributed by atoms with E-state index >= 15 is 0 Å². The second-order valence-electron chi connectivity index (χ2n) is 7.77. The molecule has 0 bridgehead atoms. The molecule has 0 amide bonds. The SMILES string of the molecule is CCCCCC1CCC(C2CCC(C)(OC)CC2)CC1. The summed E-state index contributed by atoms with van der Waals surface area (Å²) in [5, 5.41) is 0. The summed E-state index contributed by atoms with van der Waals surface area (Å²) in [7, 11) is 1.89. The van der Waals surface area contributed by atoms with E-state index in [2.05, 4.69) is 13.8 Å². The first-order chi connectivity index (χ1) is 9.67. The van der Waals surface area contributed by atoms with Gasteiger partial charge in [0.05, 0.1) is 5.60 Å². The van der Waals surface area contributed by atoms with E-state index in [1.165, 1.54) is 77.0 Å². The summed E-state index contributed by atoms with van der Waals surface area (Å²) in [6, 6.07) is 0. The maximum Gasteiger partial charge on any atom is 0.0651 e. The summed E-state index contributed by atoms with van der Waals surface area (Å²) in [4.78, 5) is 0. The van der Waals surface area contributed by atoms with Gasteiger partial charge in [-0.1, -0.05) is 45.4 Å². The average Bonchev–Trinajstić information content (AvgIpc) is 2.49. The molecule has 1 nitrogen and oxygen atoms in total. The van der Waals surface area contributed by atoms with E-state index in [4.69, 9.17) is 4.74 Å². The molecule has 0 aromatic carbocycles. The fraction of sp³-hybridized carbons (Fsp3) is 1.00. The van der Waals surface area contributed by atoms with Crippen LogP contribution in [0.3, 0.4) is 0 Å². The van der Waals surface area contributed by atoms with Gasteiger partial charge in [0.25, 0.3) is 0 Å². The van der Waals surface area contributed by atoms with Crippen molar-refractivity contribution in [1.29, 1.82) is 0 Å². The van der Waals surface area contributed by atoms with Crippen molar-refractivity contribution in [2.75, 3.05) is 7.11 Å². The summed E-state index contributed by atoms with van der Waals surface area (Å²) >= 11 is 0. The smallest absolute Gasteiger partial charge is 0.0651 e. The van der Waals surface area contributed by atoms with Gasteiger partial charge in [0.1, 0.15) is 0 Å². The van der Waals surface area contributed by atoms with E-state index in [1.807, 2.05) is 7.11 Å². The van der Waals surface area contributed by atoms with Crippen molar-refractivity contribution < 1.29 is 4.74 Å². The van der Waals surface area contributed by atoms with Gasteiger partial charge in [-0.25, -0.2) is 0 Å². The van der Waals surface area contributed by atoms with Crippen molar-refractivity contribution in [3.05, 3.63) is 0 Å². The largest absolute Gasteiger partial charge is 0.379 e. The molecule has 2 saturated carbocycles. The van der Waals surface area contributed by atoms with Crippen molar-refractivity contribution in [3.8, 4) is 0 Å². The van der Waals surface area contributed by atoms with E-state index in [9.17, 15) is 0 Å². The van der Waals surface area contributed by atoms with Gasteiger partial charge in [-0.05, 0) is 63.2 Å². The van der Waals surface area contributed by atoms with Crippen molar-refractivity contribution in [1.82, 2.24) is 0 Å². The van der Waals surface area contributed by atoms with Gasteiger partial charge >= 0.3 is 0 Å². The van der Waals surface area contributed by atoms with Gasteiger partial charge in [0, 0.05) is 7.11 Å². The highest BCUT2D eigenvalue weighted by Crippen LogP contribution is 2.43. The molecule has 0 unspecified atom stereocenters. The molecule has 1 heteroatoms. The molecule has 0 aromatic heterocycles. The van der Waals surface area contributed by atoms with Gasteiger partial charge in [0.2, 0.25) is 0 Å². The van der Waals surface area contributed by atoms with Gasteiger partial charge in [0.15, 0.2) is 0 Å². The molecule has 2 rings (SSSR count). The number of hydrogen-bond donors (Lipinski definition) is 0. The predicted octanol–water partition coefficient (Wildman–Crippen LogP) is 5.97. The van der Waals surface area contributed by atoms with Gasteiger partial charge < -0.3 is 4.74 Å². The van der Waals surface area contributed by atoms with E-state index in [-0.39, 0.29) is 5.60 Å². The van der Waals surface area contributed by atoms with Gasteiger partial charge in [-0.15, -0.1) is 0 Å². The molecule has 0 saturated heterocycles. The predicted molar refractivity (Wildman–Crippen MR) is 87.0 cm³/mol. The third-order valence-electron chi connectivity index (χ3n) is 6.35. The lowest BCUT2D eigenvalue weighted by Gasteiger charge is -2.41. The zero-order valence-electron chi connectivity index (χ0n) is 14.1. The molecule has 0 N–H and O–H groups in total. The molecular formula is C19H36O. The first kappa shape index (κ1) is 16.3. The van der Waals surface area contributed by atoms with Crippen LogP contribution in [0.5, 0.6) is 0 Å². The normalized spacial score (nSPS) is 38.9. The maximum atomic E-state index is 5.69. The van der Waals surface area contributed by atoms with Crippen LogP contribution in [0.2, 0.25) is 0 Å². The average molecular weight is 280 g/mol. The monoisotopic (exact) mass is 280 g/mol. The Hall–Kier alpha value is -0.0400. The summed E-state index contributed by atoms with van der Waals surface area (Å²) < 4.78 is 5.69. The highest BCUT2D eigenvalue weighted by atomic mass is 16.5. The molecule has 0 atom stereocenters. The Balaban J connectivity index is 1.67. The van der Waals surface area contributed by atoms with Gasteiger partial charge in [-0.2, -0.15) is 0 Å². The Bertz CT molecular complexity index is 257. The first-order valence-corrected chi connectivity index (χ1v) is 9.22. The van der Waals surface area contributed by atoms with Crippen LogP contribution in [-0.4, -0.2) is 12.7 Å². The van der Waals surface area contributed by atoms with Crippen LogP contribution in [0.25, 0.3) is 0 Å². The van der Waals surface area contributed by atoms with Crippen molar-refractivity contribution in [2.45, 2.75) is 96.5 Å².